The second-order valence-corrected chi connectivity index (χ2v) is 4.96. The van der Waals surface area contributed by atoms with Crippen molar-refractivity contribution < 1.29 is 0 Å². The zero-order valence-electron chi connectivity index (χ0n) is 12.4. The number of aryl methyl sites for hydroxylation is 1. The molecule has 0 heterocycles. The number of nitrogens with zero attached hydrogens (tertiary/aromatic N) is 1. The first-order valence-corrected chi connectivity index (χ1v) is 7.22. The minimum Gasteiger partial charge on any atom is -0.309 e. The van der Waals surface area contributed by atoms with E-state index in [1.807, 2.05) is 0 Å². The molecule has 1 atom stereocenters. The third-order valence-electron chi connectivity index (χ3n) is 3.47. The van der Waals surface area contributed by atoms with Crippen LogP contribution in [0.15, 0.2) is 24.3 Å². The Hall–Kier alpha value is -0.860. The van der Waals surface area contributed by atoms with E-state index in [1.165, 1.54) is 17.5 Å². The van der Waals surface area contributed by atoms with E-state index in [4.69, 9.17) is 0 Å². The van der Waals surface area contributed by atoms with Crippen LogP contribution >= 0.6 is 0 Å². The summed E-state index contributed by atoms with van der Waals surface area (Å²) in [7, 11) is 2.18. The second-order valence-electron chi connectivity index (χ2n) is 4.96. The number of rotatable bonds is 8. The van der Waals surface area contributed by atoms with Crippen molar-refractivity contribution in [2.75, 3.05) is 26.7 Å². The third kappa shape index (κ3) is 4.79. The minimum absolute atomic E-state index is 0.445. The van der Waals surface area contributed by atoms with Gasteiger partial charge in [-0.15, -0.1) is 0 Å². The molecule has 102 valence electrons. The summed E-state index contributed by atoms with van der Waals surface area (Å²) in [5.41, 5.74) is 2.82. The standard InChI is InChI=1S/C16H28N2/c1-5-12-17-16(13-18(4)7-3)15-10-8-14(6-2)9-11-15/h8-11,16-17H,5-7,12-13H2,1-4H3. The van der Waals surface area contributed by atoms with Crippen molar-refractivity contribution in [3.05, 3.63) is 35.4 Å². The molecule has 0 aliphatic rings. The fourth-order valence-electron chi connectivity index (χ4n) is 2.03. The quantitative estimate of drug-likeness (QED) is 0.760. The molecular weight excluding hydrogens is 220 g/mol. The Morgan fingerprint density at radius 2 is 1.78 bits per heavy atom. The summed E-state index contributed by atoms with van der Waals surface area (Å²) < 4.78 is 0. The summed E-state index contributed by atoms with van der Waals surface area (Å²) in [6, 6.07) is 9.50. The van der Waals surface area contributed by atoms with E-state index in [0.29, 0.717) is 6.04 Å². The van der Waals surface area contributed by atoms with E-state index >= 15 is 0 Å². The predicted octanol–water partition coefficient (Wildman–Crippen LogP) is 3.24. The Kier molecular flexibility index (Phi) is 6.99. The highest BCUT2D eigenvalue weighted by atomic mass is 15.1. The predicted molar refractivity (Wildman–Crippen MR) is 80.0 cm³/mol. The first-order chi connectivity index (χ1) is 8.71. The summed E-state index contributed by atoms with van der Waals surface area (Å²) in [6.07, 6.45) is 2.29. The molecule has 2 nitrogen and oxygen atoms in total. The summed E-state index contributed by atoms with van der Waals surface area (Å²) in [5.74, 6) is 0. The van der Waals surface area contributed by atoms with Gasteiger partial charge in [0.15, 0.2) is 0 Å². The van der Waals surface area contributed by atoms with Crippen molar-refractivity contribution in [2.45, 2.75) is 39.7 Å². The maximum absolute atomic E-state index is 3.65. The van der Waals surface area contributed by atoms with Crippen LogP contribution in [0.3, 0.4) is 0 Å². The van der Waals surface area contributed by atoms with Crippen LogP contribution < -0.4 is 5.32 Å². The molecule has 1 rings (SSSR count). The van der Waals surface area contributed by atoms with Crippen LogP contribution in [0.2, 0.25) is 0 Å². The summed E-state index contributed by atoms with van der Waals surface area (Å²) in [5, 5.41) is 3.65. The van der Waals surface area contributed by atoms with Gasteiger partial charge in [-0.2, -0.15) is 0 Å². The monoisotopic (exact) mass is 248 g/mol. The molecule has 0 saturated heterocycles. The lowest BCUT2D eigenvalue weighted by Gasteiger charge is -2.24. The highest BCUT2D eigenvalue weighted by Gasteiger charge is 2.12. The SMILES string of the molecule is CCCNC(CN(C)CC)c1ccc(CC)cc1. The van der Waals surface area contributed by atoms with E-state index in [0.717, 1.165) is 26.1 Å². The molecule has 0 aliphatic carbocycles. The Morgan fingerprint density at radius 1 is 1.11 bits per heavy atom. The van der Waals surface area contributed by atoms with Gasteiger partial charge in [0.05, 0.1) is 0 Å². The molecular formula is C16H28N2. The Morgan fingerprint density at radius 3 is 2.28 bits per heavy atom. The first-order valence-electron chi connectivity index (χ1n) is 7.22. The molecule has 0 radical (unpaired) electrons. The lowest BCUT2D eigenvalue weighted by Crippen LogP contribution is -2.33. The molecule has 0 amide bonds. The number of nitrogens with one attached hydrogen (secondary N) is 1. The smallest absolute Gasteiger partial charge is 0.0449 e. The average Bonchev–Trinajstić information content (AvgIpc) is 2.43. The maximum atomic E-state index is 3.65. The van der Waals surface area contributed by atoms with Crippen LogP contribution in [0.5, 0.6) is 0 Å². The molecule has 1 N–H and O–H groups in total. The van der Waals surface area contributed by atoms with Crippen molar-refractivity contribution >= 4 is 0 Å². The van der Waals surface area contributed by atoms with Crippen LogP contribution in [0.25, 0.3) is 0 Å². The van der Waals surface area contributed by atoms with Gasteiger partial charge < -0.3 is 10.2 Å². The average molecular weight is 248 g/mol. The lowest BCUT2D eigenvalue weighted by molar-refractivity contribution is 0.303. The fourth-order valence-corrected chi connectivity index (χ4v) is 2.03. The highest BCUT2D eigenvalue weighted by molar-refractivity contribution is 5.25. The van der Waals surface area contributed by atoms with Crippen LogP contribution in [0.4, 0.5) is 0 Å². The van der Waals surface area contributed by atoms with Gasteiger partial charge >= 0.3 is 0 Å². The first kappa shape index (κ1) is 15.2. The number of hydrogen-bond donors (Lipinski definition) is 1. The summed E-state index contributed by atoms with van der Waals surface area (Å²) in [4.78, 5) is 2.36. The number of hydrogen-bond acceptors (Lipinski definition) is 2. The second kappa shape index (κ2) is 8.28. The zero-order chi connectivity index (χ0) is 13.4. The van der Waals surface area contributed by atoms with Crippen molar-refractivity contribution in [3.63, 3.8) is 0 Å². The van der Waals surface area contributed by atoms with Crippen LogP contribution in [0, 0.1) is 0 Å². The maximum Gasteiger partial charge on any atom is 0.0449 e. The summed E-state index contributed by atoms with van der Waals surface area (Å²) in [6.45, 7) is 9.87. The molecule has 1 unspecified atom stereocenters. The molecule has 0 bridgehead atoms. The number of likely N-dealkylation sites (N-methyl/N-ethyl adjacent to an activating group) is 1. The molecule has 0 saturated carbocycles. The summed E-state index contributed by atoms with van der Waals surface area (Å²) >= 11 is 0. The van der Waals surface area contributed by atoms with E-state index in [-0.39, 0.29) is 0 Å². The number of benzene rings is 1. The molecule has 1 aromatic carbocycles. The minimum atomic E-state index is 0.445. The van der Waals surface area contributed by atoms with Gasteiger partial charge in [0.2, 0.25) is 0 Å². The van der Waals surface area contributed by atoms with E-state index in [2.05, 4.69) is 62.3 Å². The largest absolute Gasteiger partial charge is 0.309 e. The molecule has 0 aromatic heterocycles. The topological polar surface area (TPSA) is 15.3 Å². The van der Waals surface area contributed by atoms with Gasteiger partial charge in [0, 0.05) is 12.6 Å². The van der Waals surface area contributed by atoms with Crippen molar-refractivity contribution in [1.29, 1.82) is 0 Å². The van der Waals surface area contributed by atoms with Gasteiger partial charge in [0.1, 0.15) is 0 Å². The van der Waals surface area contributed by atoms with Crippen LogP contribution in [0.1, 0.15) is 44.4 Å². The molecule has 1 aromatic rings. The van der Waals surface area contributed by atoms with Gasteiger partial charge in [-0.1, -0.05) is 45.0 Å². The van der Waals surface area contributed by atoms with Gasteiger partial charge in [-0.05, 0) is 44.1 Å². The lowest BCUT2D eigenvalue weighted by atomic mass is 10.0. The molecule has 0 spiro atoms. The van der Waals surface area contributed by atoms with Crippen molar-refractivity contribution in [3.8, 4) is 0 Å². The molecule has 0 fully saturated rings. The molecule has 0 aliphatic heterocycles. The van der Waals surface area contributed by atoms with E-state index in [1.54, 1.807) is 0 Å². The van der Waals surface area contributed by atoms with Gasteiger partial charge in [0.25, 0.3) is 0 Å². The fraction of sp³-hybridized carbons (Fsp3) is 0.625. The van der Waals surface area contributed by atoms with Crippen LogP contribution in [-0.2, 0) is 6.42 Å². The normalized spacial score (nSPS) is 12.9. The molecule has 2 heteroatoms. The van der Waals surface area contributed by atoms with Gasteiger partial charge in [-0.3, -0.25) is 0 Å². The van der Waals surface area contributed by atoms with E-state index < -0.39 is 0 Å². The highest BCUT2D eigenvalue weighted by Crippen LogP contribution is 2.15. The Bertz CT molecular complexity index is 318. The van der Waals surface area contributed by atoms with Crippen molar-refractivity contribution in [2.24, 2.45) is 0 Å². The molecule has 18 heavy (non-hydrogen) atoms. The third-order valence-corrected chi connectivity index (χ3v) is 3.47. The Labute approximate surface area is 112 Å². The van der Waals surface area contributed by atoms with Crippen LogP contribution in [-0.4, -0.2) is 31.6 Å². The Balaban J connectivity index is 2.72. The van der Waals surface area contributed by atoms with E-state index in [9.17, 15) is 0 Å². The van der Waals surface area contributed by atoms with Crippen molar-refractivity contribution in [1.82, 2.24) is 10.2 Å². The zero-order valence-corrected chi connectivity index (χ0v) is 12.4. The van der Waals surface area contributed by atoms with Gasteiger partial charge in [-0.25, -0.2) is 0 Å².